The number of anilines is 2. The number of aryl methyl sites for hydroxylation is 2. The number of amides is 1. The monoisotopic (exact) mass is 351 g/mol. The maximum Gasteiger partial charge on any atom is 0.263 e. The van der Waals surface area contributed by atoms with E-state index in [4.69, 9.17) is 4.52 Å². The second-order valence-corrected chi connectivity index (χ2v) is 6.71. The van der Waals surface area contributed by atoms with Crippen molar-refractivity contribution >= 4 is 28.5 Å². The van der Waals surface area contributed by atoms with Gasteiger partial charge in [-0.3, -0.25) is 4.79 Å². The maximum atomic E-state index is 12.6. The summed E-state index contributed by atoms with van der Waals surface area (Å²) in [4.78, 5) is 23.3. The Labute approximate surface area is 151 Å². The Bertz CT molecular complexity index is 944. The van der Waals surface area contributed by atoms with E-state index in [2.05, 4.69) is 25.3 Å². The SMILES string of the molecule is Cc1ccccc1NC(=O)C1CCN(c2ncnc3onc(C)c23)CC1. The molecule has 1 N–H and O–H groups in total. The van der Waals surface area contributed by atoms with Crippen LogP contribution in [-0.2, 0) is 4.79 Å². The Kier molecular flexibility index (Phi) is 4.28. The van der Waals surface area contributed by atoms with Crippen LogP contribution in [0.5, 0.6) is 0 Å². The van der Waals surface area contributed by atoms with E-state index in [1.165, 1.54) is 6.33 Å². The molecule has 0 unspecified atom stereocenters. The number of piperidine rings is 1. The van der Waals surface area contributed by atoms with Gasteiger partial charge in [0.05, 0.1) is 5.69 Å². The summed E-state index contributed by atoms with van der Waals surface area (Å²) in [5.74, 6) is 0.936. The highest BCUT2D eigenvalue weighted by atomic mass is 16.5. The third-order valence-corrected chi connectivity index (χ3v) is 4.99. The van der Waals surface area contributed by atoms with E-state index in [9.17, 15) is 4.79 Å². The van der Waals surface area contributed by atoms with Crippen LogP contribution in [0.25, 0.3) is 11.1 Å². The van der Waals surface area contributed by atoms with Gasteiger partial charge in [-0.25, -0.2) is 4.98 Å². The molecular formula is C19H21N5O2. The average Bonchev–Trinajstić information content (AvgIpc) is 3.05. The number of benzene rings is 1. The fourth-order valence-electron chi connectivity index (χ4n) is 3.45. The molecule has 0 radical (unpaired) electrons. The lowest BCUT2D eigenvalue weighted by Gasteiger charge is -2.32. The Morgan fingerprint density at radius 1 is 1.19 bits per heavy atom. The van der Waals surface area contributed by atoms with Crippen LogP contribution in [0.1, 0.15) is 24.1 Å². The van der Waals surface area contributed by atoms with Crippen LogP contribution in [-0.4, -0.2) is 34.1 Å². The largest absolute Gasteiger partial charge is 0.356 e. The summed E-state index contributed by atoms with van der Waals surface area (Å²) in [5.41, 5.74) is 3.25. The number of fused-ring (bicyclic) bond motifs is 1. The zero-order chi connectivity index (χ0) is 18.1. The molecule has 1 aliphatic heterocycles. The van der Waals surface area contributed by atoms with Gasteiger partial charge in [-0.2, -0.15) is 4.98 Å². The van der Waals surface area contributed by atoms with Gasteiger partial charge in [-0.05, 0) is 38.3 Å². The molecule has 3 aromatic rings. The second-order valence-electron chi connectivity index (χ2n) is 6.71. The molecular weight excluding hydrogens is 330 g/mol. The maximum absolute atomic E-state index is 12.6. The molecule has 1 aromatic carbocycles. The van der Waals surface area contributed by atoms with Crippen molar-refractivity contribution in [3.8, 4) is 0 Å². The lowest BCUT2D eigenvalue weighted by molar-refractivity contribution is -0.120. The zero-order valence-electron chi connectivity index (χ0n) is 14.9. The molecule has 1 amide bonds. The van der Waals surface area contributed by atoms with Gasteiger partial charge in [-0.15, -0.1) is 0 Å². The van der Waals surface area contributed by atoms with Gasteiger partial charge in [0.1, 0.15) is 17.5 Å². The summed E-state index contributed by atoms with van der Waals surface area (Å²) in [6.07, 6.45) is 3.07. The normalized spacial score (nSPS) is 15.4. The van der Waals surface area contributed by atoms with Gasteiger partial charge in [0.2, 0.25) is 5.91 Å². The molecule has 4 rings (SSSR count). The molecule has 0 aliphatic carbocycles. The highest BCUT2D eigenvalue weighted by Crippen LogP contribution is 2.29. The Morgan fingerprint density at radius 2 is 1.96 bits per heavy atom. The van der Waals surface area contributed by atoms with E-state index >= 15 is 0 Å². The van der Waals surface area contributed by atoms with Gasteiger partial charge in [0, 0.05) is 24.7 Å². The fourth-order valence-corrected chi connectivity index (χ4v) is 3.45. The minimum atomic E-state index is 0.00626. The minimum Gasteiger partial charge on any atom is -0.356 e. The van der Waals surface area contributed by atoms with Crippen molar-refractivity contribution in [2.75, 3.05) is 23.3 Å². The minimum absolute atomic E-state index is 0.00626. The van der Waals surface area contributed by atoms with Crippen molar-refractivity contribution < 1.29 is 9.32 Å². The lowest BCUT2D eigenvalue weighted by Crippen LogP contribution is -2.38. The fraction of sp³-hybridized carbons (Fsp3) is 0.368. The third-order valence-electron chi connectivity index (χ3n) is 4.99. The highest BCUT2D eigenvalue weighted by Gasteiger charge is 2.27. The van der Waals surface area contributed by atoms with Gasteiger partial charge in [0.25, 0.3) is 5.71 Å². The quantitative estimate of drug-likeness (QED) is 0.781. The molecule has 1 saturated heterocycles. The number of hydrogen-bond donors (Lipinski definition) is 1. The van der Waals surface area contributed by atoms with Crippen molar-refractivity contribution in [1.29, 1.82) is 0 Å². The first-order chi connectivity index (χ1) is 12.6. The summed E-state index contributed by atoms with van der Waals surface area (Å²) < 4.78 is 5.23. The van der Waals surface area contributed by atoms with Gasteiger partial charge < -0.3 is 14.7 Å². The average molecular weight is 351 g/mol. The van der Waals surface area contributed by atoms with E-state index in [0.29, 0.717) is 5.71 Å². The first-order valence-electron chi connectivity index (χ1n) is 8.82. The van der Waals surface area contributed by atoms with Crippen LogP contribution in [0.3, 0.4) is 0 Å². The number of aromatic nitrogens is 3. The molecule has 0 spiro atoms. The number of hydrogen-bond acceptors (Lipinski definition) is 6. The number of nitrogens with zero attached hydrogens (tertiary/aromatic N) is 4. The first kappa shape index (κ1) is 16.5. The standard InChI is InChI=1S/C19H21N5O2/c1-12-5-3-4-6-15(12)22-18(25)14-7-9-24(10-8-14)17-16-13(2)23-26-19(16)21-11-20-17/h3-6,11,14H,7-10H2,1-2H3,(H,22,25). The molecule has 0 saturated carbocycles. The molecule has 3 heterocycles. The van der Waals surface area contributed by atoms with Crippen LogP contribution in [0, 0.1) is 19.8 Å². The summed E-state index contributed by atoms with van der Waals surface area (Å²) in [7, 11) is 0. The molecule has 26 heavy (non-hydrogen) atoms. The molecule has 2 aromatic heterocycles. The molecule has 134 valence electrons. The van der Waals surface area contributed by atoms with Crippen molar-refractivity contribution in [3.05, 3.63) is 41.9 Å². The van der Waals surface area contributed by atoms with E-state index in [1.54, 1.807) is 0 Å². The smallest absolute Gasteiger partial charge is 0.263 e. The summed E-state index contributed by atoms with van der Waals surface area (Å²) in [6, 6.07) is 7.85. The van der Waals surface area contributed by atoms with Crippen LogP contribution in [0.4, 0.5) is 11.5 Å². The van der Waals surface area contributed by atoms with E-state index in [-0.39, 0.29) is 11.8 Å². The van der Waals surface area contributed by atoms with Crippen molar-refractivity contribution in [2.45, 2.75) is 26.7 Å². The highest BCUT2D eigenvalue weighted by molar-refractivity contribution is 5.93. The predicted molar refractivity (Wildman–Crippen MR) is 99.1 cm³/mol. The topological polar surface area (TPSA) is 84.2 Å². The number of para-hydroxylation sites is 1. The number of nitrogens with one attached hydrogen (secondary N) is 1. The number of carbonyl (C=O) groups excluding carboxylic acids is 1. The Hall–Kier alpha value is -2.96. The van der Waals surface area contributed by atoms with Crippen LogP contribution in [0.15, 0.2) is 35.1 Å². The molecule has 7 heteroatoms. The first-order valence-corrected chi connectivity index (χ1v) is 8.82. The van der Waals surface area contributed by atoms with Crippen molar-refractivity contribution in [1.82, 2.24) is 15.1 Å². The van der Waals surface area contributed by atoms with Crippen molar-refractivity contribution in [2.24, 2.45) is 5.92 Å². The number of rotatable bonds is 3. The van der Waals surface area contributed by atoms with Gasteiger partial charge in [-0.1, -0.05) is 23.4 Å². The van der Waals surface area contributed by atoms with E-state index in [0.717, 1.165) is 54.1 Å². The molecule has 7 nitrogen and oxygen atoms in total. The van der Waals surface area contributed by atoms with E-state index in [1.807, 2.05) is 38.1 Å². The van der Waals surface area contributed by atoms with Gasteiger partial charge >= 0.3 is 0 Å². The molecule has 0 bridgehead atoms. The van der Waals surface area contributed by atoms with Gasteiger partial charge in [0.15, 0.2) is 0 Å². The summed E-state index contributed by atoms with van der Waals surface area (Å²) in [5, 5.41) is 7.90. The molecule has 0 atom stereocenters. The molecule has 1 aliphatic rings. The van der Waals surface area contributed by atoms with Crippen LogP contribution < -0.4 is 10.2 Å². The Morgan fingerprint density at radius 3 is 2.73 bits per heavy atom. The van der Waals surface area contributed by atoms with Crippen molar-refractivity contribution in [3.63, 3.8) is 0 Å². The lowest BCUT2D eigenvalue weighted by atomic mass is 9.95. The summed E-state index contributed by atoms with van der Waals surface area (Å²) in [6.45, 7) is 5.42. The number of carbonyl (C=O) groups is 1. The summed E-state index contributed by atoms with van der Waals surface area (Å²) >= 11 is 0. The van der Waals surface area contributed by atoms with E-state index < -0.39 is 0 Å². The van der Waals surface area contributed by atoms with Crippen LogP contribution >= 0.6 is 0 Å². The third kappa shape index (κ3) is 3.00. The second kappa shape index (κ2) is 6.74. The molecule has 1 fully saturated rings. The Balaban J connectivity index is 1.45. The predicted octanol–water partition coefficient (Wildman–Crippen LogP) is 3.09. The van der Waals surface area contributed by atoms with Crippen LogP contribution in [0.2, 0.25) is 0 Å². The zero-order valence-corrected chi connectivity index (χ0v) is 14.9.